The van der Waals surface area contributed by atoms with E-state index in [2.05, 4.69) is 6.07 Å². The van der Waals surface area contributed by atoms with Gasteiger partial charge in [-0.25, -0.2) is 0 Å². The summed E-state index contributed by atoms with van der Waals surface area (Å²) in [6.45, 7) is 4.45. The lowest BCUT2D eigenvalue weighted by Gasteiger charge is -2.25. The fourth-order valence-electron chi connectivity index (χ4n) is 1.78. The van der Waals surface area contributed by atoms with Crippen LogP contribution in [0.3, 0.4) is 0 Å². The van der Waals surface area contributed by atoms with Crippen LogP contribution in [0.2, 0.25) is 0 Å². The molecule has 94 valence electrons. The zero-order valence-electron chi connectivity index (χ0n) is 10.3. The predicted octanol–water partition coefficient (Wildman–Crippen LogP) is 3.73. The van der Waals surface area contributed by atoms with E-state index in [4.69, 9.17) is 5.26 Å². The molecule has 2 rings (SSSR count). The minimum absolute atomic E-state index is 0.0358. The molecule has 2 aromatic rings. The van der Waals surface area contributed by atoms with Crippen molar-refractivity contribution in [2.24, 2.45) is 0 Å². The molecule has 0 unspecified atom stereocenters. The summed E-state index contributed by atoms with van der Waals surface area (Å²) >= 11 is 3.18. The largest absolute Gasteiger partial charge is 0.334 e. The van der Waals surface area contributed by atoms with E-state index >= 15 is 0 Å². The summed E-state index contributed by atoms with van der Waals surface area (Å²) in [5.41, 5.74) is 0. The summed E-state index contributed by atoms with van der Waals surface area (Å²) in [6, 6.07) is 6.20. The zero-order chi connectivity index (χ0) is 13.1. The van der Waals surface area contributed by atoms with Gasteiger partial charge in [0.1, 0.15) is 0 Å². The van der Waals surface area contributed by atoms with Gasteiger partial charge >= 0.3 is 0 Å². The maximum Gasteiger partial charge on any atom is 0.264 e. The van der Waals surface area contributed by atoms with Gasteiger partial charge in [-0.2, -0.15) is 5.26 Å². The lowest BCUT2D eigenvalue weighted by atomic mass is 10.2. The number of nitrogens with zero attached hydrogens (tertiary/aromatic N) is 2. The topological polar surface area (TPSA) is 44.1 Å². The third-order valence-corrected chi connectivity index (χ3v) is 4.78. The van der Waals surface area contributed by atoms with Gasteiger partial charge in [0.25, 0.3) is 5.91 Å². The van der Waals surface area contributed by atoms with Crippen LogP contribution in [-0.2, 0) is 0 Å². The fraction of sp³-hybridized carbons (Fsp3) is 0.385. The van der Waals surface area contributed by atoms with Crippen molar-refractivity contribution >= 4 is 38.0 Å². The van der Waals surface area contributed by atoms with Crippen LogP contribution in [0.5, 0.6) is 0 Å². The van der Waals surface area contributed by atoms with Crippen LogP contribution in [-0.4, -0.2) is 23.4 Å². The number of carbonyl (C=O) groups is 1. The van der Waals surface area contributed by atoms with E-state index in [0.29, 0.717) is 13.0 Å². The molecule has 0 N–H and O–H groups in total. The van der Waals surface area contributed by atoms with Crippen LogP contribution in [0.1, 0.15) is 29.9 Å². The minimum Gasteiger partial charge on any atom is -0.334 e. The average molecular weight is 278 g/mol. The molecule has 0 aliphatic heterocycles. The molecule has 0 saturated heterocycles. The second kappa shape index (κ2) is 5.51. The van der Waals surface area contributed by atoms with Crippen molar-refractivity contribution in [3.8, 4) is 6.07 Å². The van der Waals surface area contributed by atoms with E-state index in [-0.39, 0.29) is 11.9 Å². The molecule has 5 heteroatoms. The smallest absolute Gasteiger partial charge is 0.264 e. The summed E-state index contributed by atoms with van der Waals surface area (Å²) < 4.78 is 2.32. The first-order chi connectivity index (χ1) is 8.63. The third-order valence-electron chi connectivity index (χ3n) is 2.70. The van der Waals surface area contributed by atoms with E-state index in [1.165, 1.54) is 11.3 Å². The molecule has 0 spiro atoms. The molecular weight excluding hydrogens is 264 g/mol. The van der Waals surface area contributed by atoms with Gasteiger partial charge < -0.3 is 4.90 Å². The molecule has 0 fully saturated rings. The van der Waals surface area contributed by atoms with Crippen molar-refractivity contribution in [3.05, 3.63) is 22.4 Å². The van der Waals surface area contributed by atoms with Crippen LogP contribution in [0.4, 0.5) is 0 Å². The summed E-state index contributed by atoms with van der Waals surface area (Å²) in [6.07, 6.45) is 0.379. The molecular formula is C13H14N2OS2. The lowest BCUT2D eigenvalue weighted by Crippen LogP contribution is -2.37. The highest BCUT2D eigenvalue weighted by molar-refractivity contribution is 7.27. The molecule has 0 aromatic carbocycles. The first kappa shape index (κ1) is 13.1. The number of hydrogen-bond acceptors (Lipinski definition) is 4. The van der Waals surface area contributed by atoms with Gasteiger partial charge in [-0.1, -0.05) is 0 Å². The van der Waals surface area contributed by atoms with Gasteiger partial charge in [0.2, 0.25) is 0 Å². The zero-order valence-corrected chi connectivity index (χ0v) is 12.0. The van der Waals surface area contributed by atoms with Crippen LogP contribution >= 0.6 is 22.7 Å². The Morgan fingerprint density at radius 1 is 1.50 bits per heavy atom. The number of fused-ring (bicyclic) bond motifs is 1. The molecule has 0 radical (unpaired) electrons. The Kier molecular flexibility index (Phi) is 4.00. The Hall–Kier alpha value is -1.38. The molecule has 0 saturated carbocycles. The van der Waals surface area contributed by atoms with Gasteiger partial charge in [0, 0.05) is 22.0 Å². The van der Waals surface area contributed by atoms with E-state index in [1.54, 1.807) is 16.2 Å². The number of hydrogen-bond donors (Lipinski definition) is 0. The Morgan fingerprint density at radius 3 is 2.89 bits per heavy atom. The normalized spacial score (nSPS) is 10.8. The molecule has 3 nitrogen and oxygen atoms in total. The van der Waals surface area contributed by atoms with Crippen molar-refractivity contribution in [2.45, 2.75) is 26.3 Å². The molecule has 0 atom stereocenters. The molecule has 0 aliphatic rings. The van der Waals surface area contributed by atoms with Gasteiger partial charge in [-0.3, -0.25) is 4.79 Å². The SMILES string of the molecule is CC(C)N(CCC#N)C(=O)c1cc2sccc2s1. The van der Waals surface area contributed by atoms with Crippen molar-refractivity contribution in [1.82, 2.24) is 4.90 Å². The van der Waals surface area contributed by atoms with Crippen molar-refractivity contribution in [3.63, 3.8) is 0 Å². The quantitative estimate of drug-likeness (QED) is 0.855. The summed E-state index contributed by atoms with van der Waals surface area (Å²) in [7, 11) is 0. The Balaban J connectivity index is 2.22. The van der Waals surface area contributed by atoms with Gasteiger partial charge in [0.15, 0.2) is 0 Å². The summed E-state index contributed by atoms with van der Waals surface area (Å²) in [5.74, 6) is 0.0358. The van der Waals surface area contributed by atoms with Gasteiger partial charge in [-0.05, 0) is 31.4 Å². The van der Waals surface area contributed by atoms with E-state index in [0.717, 1.165) is 14.3 Å². The summed E-state index contributed by atoms with van der Waals surface area (Å²) in [5, 5.41) is 10.7. The van der Waals surface area contributed by atoms with E-state index in [1.807, 2.05) is 31.4 Å². The van der Waals surface area contributed by atoms with Crippen molar-refractivity contribution in [1.29, 1.82) is 5.26 Å². The second-order valence-corrected chi connectivity index (χ2v) is 6.29. The molecule has 18 heavy (non-hydrogen) atoms. The lowest BCUT2D eigenvalue weighted by molar-refractivity contribution is 0.0715. The molecule has 2 heterocycles. The fourth-order valence-corrected chi connectivity index (χ4v) is 3.84. The number of rotatable bonds is 4. The van der Waals surface area contributed by atoms with Crippen molar-refractivity contribution in [2.75, 3.05) is 6.54 Å². The van der Waals surface area contributed by atoms with Crippen molar-refractivity contribution < 1.29 is 4.79 Å². The standard InChI is InChI=1S/C13H14N2OS2/c1-9(2)15(6-3-5-14)13(16)12-8-11-10(18-12)4-7-17-11/h4,7-9H,3,6H2,1-2H3. The van der Waals surface area contributed by atoms with E-state index < -0.39 is 0 Å². The first-order valence-corrected chi connectivity index (χ1v) is 7.48. The monoisotopic (exact) mass is 278 g/mol. The molecule has 0 bridgehead atoms. The maximum absolute atomic E-state index is 12.4. The number of thiophene rings is 2. The molecule has 2 aromatic heterocycles. The molecule has 0 aliphatic carbocycles. The highest BCUT2D eigenvalue weighted by Gasteiger charge is 2.20. The average Bonchev–Trinajstić information content (AvgIpc) is 2.88. The Labute approximate surface area is 114 Å². The highest BCUT2D eigenvalue weighted by Crippen LogP contribution is 2.30. The first-order valence-electron chi connectivity index (χ1n) is 5.78. The second-order valence-electron chi connectivity index (χ2n) is 4.26. The minimum atomic E-state index is 0.0358. The third kappa shape index (κ3) is 2.55. The van der Waals surface area contributed by atoms with E-state index in [9.17, 15) is 4.79 Å². The maximum atomic E-state index is 12.4. The van der Waals surface area contributed by atoms with Crippen LogP contribution in [0.15, 0.2) is 17.5 Å². The van der Waals surface area contributed by atoms with Gasteiger partial charge in [-0.15, -0.1) is 22.7 Å². The van der Waals surface area contributed by atoms with Crippen LogP contribution in [0.25, 0.3) is 9.40 Å². The Morgan fingerprint density at radius 2 is 2.28 bits per heavy atom. The Bertz CT molecular complexity index is 563. The van der Waals surface area contributed by atoms with Crippen LogP contribution < -0.4 is 0 Å². The highest BCUT2D eigenvalue weighted by atomic mass is 32.1. The number of amides is 1. The number of carbonyl (C=O) groups excluding carboxylic acids is 1. The van der Waals surface area contributed by atoms with Crippen LogP contribution in [0, 0.1) is 11.3 Å². The number of nitriles is 1. The summed E-state index contributed by atoms with van der Waals surface area (Å²) in [4.78, 5) is 14.9. The predicted molar refractivity (Wildman–Crippen MR) is 76.1 cm³/mol. The van der Waals surface area contributed by atoms with Gasteiger partial charge in [0.05, 0.1) is 17.4 Å². The molecule has 1 amide bonds.